The van der Waals surface area contributed by atoms with E-state index < -0.39 is 0 Å². The molecule has 2 aliphatic carbocycles. The van der Waals surface area contributed by atoms with E-state index in [1.807, 2.05) is 6.07 Å². The van der Waals surface area contributed by atoms with E-state index in [0.717, 1.165) is 17.4 Å². The molecular formula is C18H24N2O3. The third-order valence-electron chi connectivity index (χ3n) is 5.63. The van der Waals surface area contributed by atoms with Crippen molar-refractivity contribution in [2.45, 2.75) is 37.7 Å². The van der Waals surface area contributed by atoms with Crippen LogP contribution in [0.15, 0.2) is 18.2 Å². The summed E-state index contributed by atoms with van der Waals surface area (Å²) in [5, 5.41) is 5.70. The molecule has 3 aliphatic rings. The Bertz CT molecular complexity index is 594. The van der Waals surface area contributed by atoms with Gasteiger partial charge in [0.25, 0.3) is 0 Å². The summed E-state index contributed by atoms with van der Waals surface area (Å²) in [6.45, 7) is 1.32. The molecule has 3 atom stereocenters. The number of methoxy groups -OCH3 is 1. The van der Waals surface area contributed by atoms with Crippen molar-refractivity contribution in [3.8, 4) is 11.5 Å². The summed E-state index contributed by atoms with van der Waals surface area (Å²) in [5.74, 6) is 3.48. The lowest BCUT2D eigenvalue weighted by atomic mass is 9.96. The van der Waals surface area contributed by atoms with Gasteiger partial charge in [-0.25, -0.2) is 4.79 Å². The summed E-state index contributed by atoms with van der Waals surface area (Å²) in [5.41, 5.74) is 1.18. The highest BCUT2D eigenvalue weighted by molar-refractivity contribution is 5.75. The SMILES string of the molecule is COc1ccc(C2CNC(=O)NC2)cc1O[C@H]1CC2CCC1C2. The molecule has 1 aromatic rings. The fourth-order valence-electron chi connectivity index (χ4n) is 4.34. The zero-order valence-electron chi connectivity index (χ0n) is 13.5. The van der Waals surface area contributed by atoms with Gasteiger partial charge in [-0.15, -0.1) is 0 Å². The molecule has 23 heavy (non-hydrogen) atoms. The van der Waals surface area contributed by atoms with Gasteiger partial charge >= 0.3 is 6.03 Å². The van der Waals surface area contributed by atoms with Gasteiger partial charge in [-0.05, 0) is 55.2 Å². The molecule has 3 fully saturated rings. The maximum Gasteiger partial charge on any atom is 0.314 e. The Kier molecular flexibility index (Phi) is 3.79. The smallest absolute Gasteiger partial charge is 0.314 e. The van der Waals surface area contributed by atoms with Crippen LogP contribution < -0.4 is 20.1 Å². The largest absolute Gasteiger partial charge is 0.493 e. The van der Waals surface area contributed by atoms with Crippen molar-refractivity contribution < 1.29 is 14.3 Å². The van der Waals surface area contributed by atoms with Crippen LogP contribution in [-0.4, -0.2) is 32.3 Å². The average molecular weight is 316 g/mol. The Hall–Kier alpha value is -1.91. The van der Waals surface area contributed by atoms with Crippen LogP contribution in [0.4, 0.5) is 4.79 Å². The molecular weight excluding hydrogens is 292 g/mol. The van der Waals surface area contributed by atoms with Gasteiger partial charge in [-0.3, -0.25) is 0 Å². The van der Waals surface area contributed by atoms with E-state index in [0.29, 0.717) is 25.1 Å². The zero-order chi connectivity index (χ0) is 15.8. The number of ether oxygens (including phenoxy) is 2. The number of fused-ring (bicyclic) bond motifs is 2. The number of carbonyl (C=O) groups excluding carboxylic acids is 1. The summed E-state index contributed by atoms with van der Waals surface area (Å²) in [6, 6.07) is 6.05. The predicted molar refractivity (Wildman–Crippen MR) is 87.0 cm³/mol. The molecule has 1 heterocycles. The third kappa shape index (κ3) is 2.84. The van der Waals surface area contributed by atoms with Crippen molar-refractivity contribution in [2.24, 2.45) is 11.8 Å². The Morgan fingerprint density at radius 3 is 2.57 bits per heavy atom. The van der Waals surface area contributed by atoms with E-state index in [1.165, 1.54) is 31.2 Å². The van der Waals surface area contributed by atoms with E-state index in [4.69, 9.17) is 9.47 Å². The predicted octanol–water partition coefficient (Wildman–Crippen LogP) is 2.66. The third-order valence-corrected chi connectivity index (χ3v) is 5.63. The Morgan fingerprint density at radius 2 is 1.91 bits per heavy atom. The second kappa shape index (κ2) is 5.95. The number of urea groups is 1. The number of nitrogens with one attached hydrogen (secondary N) is 2. The van der Waals surface area contributed by atoms with Gasteiger partial charge in [0, 0.05) is 19.0 Å². The summed E-state index contributed by atoms with van der Waals surface area (Å²) in [7, 11) is 1.69. The van der Waals surface area contributed by atoms with E-state index >= 15 is 0 Å². The zero-order valence-corrected chi connectivity index (χ0v) is 13.5. The lowest BCUT2D eigenvalue weighted by molar-refractivity contribution is 0.133. The fourth-order valence-corrected chi connectivity index (χ4v) is 4.34. The molecule has 2 amide bonds. The molecule has 0 aromatic heterocycles. The van der Waals surface area contributed by atoms with Gasteiger partial charge in [0.1, 0.15) is 6.10 Å². The van der Waals surface area contributed by atoms with Crippen molar-refractivity contribution in [1.82, 2.24) is 10.6 Å². The summed E-state index contributed by atoms with van der Waals surface area (Å²) in [6.07, 6.45) is 5.51. The lowest BCUT2D eigenvalue weighted by Gasteiger charge is -2.27. The molecule has 2 saturated carbocycles. The normalized spacial score (nSPS) is 30.0. The highest BCUT2D eigenvalue weighted by atomic mass is 16.5. The number of hydrogen-bond donors (Lipinski definition) is 2. The first-order valence-electron chi connectivity index (χ1n) is 8.59. The minimum atomic E-state index is -0.0896. The Balaban J connectivity index is 1.52. The molecule has 1 saturated heterocycles. The molecule has 4 rings (SSSR count). The maximum atomic E-state index is 11.2. The second-order valence-corrected chi connectivity index (χ2v) is 7.03. The fraction of sp³-hybridized carbons (Fsp3) is 0.611. The first-order chi connectivity index (χ1) is 11.2. The Labute approximate surface area is 136 Å². The molecule has 2 N–H and O–H groups in total. The molecule has 1 aliphatic heterocycles. The summed E-state index contributed by atoms with van der Waals surface area (Å²) in [4.78, 5) is 11.2. The van der Waals surface area contributed by atoms with Crippen LogP contribution in [0.5, 0.6) is 11.5 Å². The topological polar surface area (TPSA) is 59.6 Å². The highest BCUT2D eigenvalue weighted by Crippen LogP contribution is 2.47. The highest BCUT2D eigenvalue weighted by Gasteiger charge is 2.41. The van der Waals surface area contributed by atoms with Gasteiger partial charge in [-0.2, -0.15) is 0 Å². The molecule has 1 aromatic carbocycles. The van der Waals surface area contributed by atoms with Crippen LogP contribution in [0.3, 0.4) is 0 Å². The van der Waals surface area contributed by atoms with Gasteiger partial charge < -0.3 is 20.1 Å². The van der Waals surface area contributed by atoms with Gasteiger partial charge in [0.15, 0.2) is 11.5 Å². The molecule has 2 bridgehead atoms. The molecule has 5 heteroatoms. The second-order valence-electron chi connectivity index (χ2n) is 7.03. The quantitative estimate of drug-likeness (QED) is 0.898. The minimum absolute atomic E-state index is 0.0896. The van der Waals surface area contributed by atoms with Crippen LogP contribution >= 0.6 is 0 Å². The first kappa shape index (κ1) is 14.7. The minimum Gasteiger partial charge on any atom is -0.493 e. The van der Waals surface area contributed by atoms with Crippen LogP contribution in [0.1, 0.15) is 37.2 Å². The molecule has 0 spiro atoms. The average Bonchev–Trinajstić information content (AvgIpc) is 3.18. The van der Waals surface area contributed by atoms with Crippen LogP contribution in [0.25, 0.3) is 0 Å². The monoisotopic (exact) mass is 316 g/mol. The molecule has 0 radical (unpaired) electrons. The standard InChI is InChI=1S/C18H24N2O3/c1-22-15-5-4-12(14-9-19-18(21)20-10-14)8-17(15)23-16-7-11-2-3-13(16)6-11/h4-5,8,11,13-14,16H,2-3,6-7,9-10H2,1H3,(H2,19,20,21)/t11?,13?,16-/m0/s1. The number of rotatable bonds is 4. The van der Waals surface area contributed by atoms with Crippen LogP contribution in [0.2, 0.25) is 0 Å². The van der Waals surface area contributed by atoms with Crippen molar-refractivity contribution in [3.63, 3.8) is 0 Å². The number of hydrogen-bond acceptors (Lipinski definition) is 3. The van der Waals surface area contributed by atoms with Crippen molar-refractivity contribution in [2.75, 3.05) is 20.2 Å². The van der Waals surface area contributed by atoms with Crippen LogP contribution in [0, 0.1) is 11.8 Å². The van der Waals surface area contributed by atoms with E-state index in [-0.39, 0.29) is 11.9 Å². The van der Waals surface area contributed by atoms with Crippen molar-refractivity contribution in [3.05, 3.63) is 23.8 Å². The lowest BCUT2D eigenvalue weighted by Crippen LogP contribution is -2.47. The Morgan fingerprint density at radius 1 is 1.09 bits per heavy atom. The van der Waals surface area contributed by atoms with E-state index in [2.05, 4.69) is 22.8 Å². The van der Waals surface area contributed by atoms with Gasteiger partial charge in [0.2, 0.25) is 0 Å². The maximum absolute atomic E-state index is 11.2. The molecule has 124 valence electrons. The van der Waals surface area contributed by atoms with Crippen molar-refractivity contribution >= 4 is 6.03 Å². The van der Waals surface area contributed by atoms with Crippen molar-refractivity contribution in [1.29, 1.82) is 0 Å². The number of benzene rings is 1. The summed E-state index contributed by atoms with van der Waals surface area (Å²) >= 11 is 0. The van der Waals surface area contributed by atoms with Gasteiger partial charge in [-0.1, -0.05) is 6.07 Å². The molecule has 2 unspecified atom stereocenters. The van der Waals surface area contributed by atoms with Gasteiger partial charge in [0.05, 0.1) is 7.11 Å². The van der Waals surface area contributed by atoms with E-state index in [9.17, 15) is 4.79 Å². The molecule has 5 nitrogen and oxygen atoms in total. The first-order valence-corrected chi connectivity index (χ1v) is 8.59. The number of carbonyl (C=O) groups is 1. The summed E-state index contributed by atoms with van der Waals surface area (Å²) < 4.78 is 11.8. The van der Waals surface area contributed by atoms with Crippen LogP contribution in [-0.2, 0) is 0 Å². The van der Waals surface area contributed by atoms with E-state index in [1.54, 1.807) is 7.11 Å². The number of amides is 2.